The van der Waals surface area contributed by atoms with Crippen LogP contribution >= 0.6 is 34.4 Å². The highest BCUT2D eigenvalue weighted by Crippen LogP contribution is 2.37. The number of aromatic nitrogens is 3. The fourth-order valence-corrected chi connectivity index (χ4v) is 5.44. The zero-order chi connectivity index (χ0) is 23.4. The first kappa shape index (κ1) is 23.9. The number of fused-ring (bicyclic) bond motifs is 3. The van der Waals surface area contributed by atoms with Gasteiger partial charge in [-0.25, -0.2) is 0 Å². The van der Waals surface area contributed by atoms with Gasteiger partial charge in [0, 0.05) is 16.4 Å². The van der Waals surface area contributed by atoms with Crippen molar-refractivity contribution < 1.29 is 14.5 Å². The molecular formula is C24H28IN4O3S+. The van der Waals surface area contributed by atoms with E-state index in [1.165, 1.54) is 32.8 Å². The summed E-state index contributed by atoms with van der Waals surface area (Å²) in [5.74, 6) is 1.39. The van der Waals surface area contributed by atoms with Gasteiger partial charge in [-0.05, 0) is 58.0 Å². The molecule has 3 aromatic rings. The Hall–Kier alpha value is -2.27. The van der Waals surface area contributed by atoms with E-state index in [2.05, 4.69) is 39.8 Å². The standard InChI is InChI=1S/C24H27IN4O3S/c1-3-4-5-6-9-12-33-24-27-23(31)20-16-10-7-8-11-18(16)26-22(29(20)28-24)15-13-17(25)21(30)19(14-15)32-2/h7-8,10-11,13-14,22H,3-6,9,12H2,1-2H3,(H2,27,28,30,31)/p+1/t22-/m1/s1. The van der Waals surface area contributed by atoms with Crippen molar-refractivity contribution in [1.29, 1.82) is 0 Å². The van der Waals surface area contributed by atoms with Gasteiger partial charge in [-0.15, -0.1) is 0 Å². The van der Waals surface area contributed by atoms with Gasteiger partial charge in [0.05, 0.1) is 21.9 Å². The second-order valence-corrected chi connectivity index (χ2v) is 10.2. The lowest BCUT2D eigenvalue weighted by Crippen LogP contribution is -2.55. The number of benzene rings is 2. The van der Waals surface area contributed by atoms with Crippen molar-refractivity contribution in [3.63, 3.8) is 0 Å². The number of ether oxygens (including phenoxy) is 1. The van der Waals surface area contributed by atoms with Gasteiger partial charge >= 0.3 is 11.3 Å². The number of aromatic hydroxyl groups is 1. The smallest absolute Gasteiger partial charge is 0.325 e. The molecule has 4 rings (SSSR count). The summed E-state index contributed by atoms with van der Waals surface area (Å²) in [4.78, 5) is 16.2. The molecule has 1 aliphatic heterocycles. The number of phenolic OH excluding ortho intramolecular Hbond substituents is 1. The van der Waals surface area contributed by atoms with E-state index in [1.54, 1.807) is 22.5 Å². The molecule has 2 heterocycles. The third-order valence-electron chi connectivity index (χ3n) is 5.66. The van der Waals surface area contributed by atoms with Gasteiger partial charge in [0.2, 0.25) is 5.16 Å². The minimum atomic E-state index is -0.427. The molecular weight excluding hydrogens is 551 g/mol. The molecule has 0 bridgehead atoms. The predicted molar refractivity (Wildman–Crippen MR) is 139 cm³/mol. The molecule has 0 fully saturated rings. The van der Waals surface area contributed by atoms with Crippen molar-refractivity contribution >= 4 is 40.0 Å². The quantitative estimate of drug-likeness (QED) is 0.142. The van der Waals surface area contributed by atoms with Crippen LogP contribution in [0.5, 0.6) is 11.5 Å². The van der Waals surface area contributed by atoms with Gasteiger partial charge in [0.1, 0.15) is 0 Å². The van der Waals surface area contributed by atoms with Crippen LogP contribution in [0.1, 0.15) is 50.8 Å². The Morgan fingerprint density at radius 2 is 2.00 bits per heavy atom. The molecule has 0 aliphatic carbocycles. The fourth-order valence-electron chi connectivity index (χ4n) is 3.96. The zero-order valence-corrected chi connectivity index (χ0v) is 21.7. The number of methoxy groups -OCH3 is 1. The highest BCUT2D eigenvalue weighted by molar-refractivity contribution is 14.1. The van der Waals surface area contributed by atoms with E-state index < -0.39 is 6.17 Å². The summed E-state index contributed by atoms with van der Waals surface area (Å²) in [5.41, 5.74) is 2.83. The number of hydrogen-bond donors (Lipinski definition) is 3. The first-order chi connectivity index (χ1) is 16.0. The molecule has 1 atom stereocenters. The maximum Gasteiger partial charge on any atom is 0.325 e. The predicted octanol–water partition coefficient (Wildman–Crippen LogP) is 5.08. The van der Waals surface area contributed by atoms with Crippen molar-refractivity contribution in [3.8, 4) is 22.8 Å². The number of phenols is 1. The van der Waals surface area contributed by atoms with E-state index >= 15 is 0 Å². The number of nitrogens with zero attached hydrogens (tertiary/aromatic N) is 2. The molecule has 0 spiro atoms. The topological polar surface area (TPSA) is 91.1 Å². The molecule has 2 aromatic carbocycles. The number of aromatic amines is 1. The van der Waals surface area contributed by atoms with Gasteiger partial charge in [-0.3, -0.25) is 9.78 Å². The highest BCUT2D eigenvalue weighted by atomic mass is 127. The van der Waals surface area contributed by atoms with Crippen LogP contribution in [0.4, 0.5) is 5.69 Å². The first-order valence-corrected chi connectivity index (χ1v) is 13.2. The first-order valence-electron chi connectivity index (χ1n) is 11.1. The number of para-hydroxylation sites is 1. The molecule has 0 amide bonds. The molecule has 0 saturated heterocycles. The van der Waals surface area contributed by atoms with Crippen molar-refractivity contribution in [2.45, 2.75) is 50.4 Å². The average Bonchev–Trinajstić information content (AvgIpc) is 2.82. The molecule has 0 saturated carbocycles. The van der Waals surface area contributed by atoms with Gasteiger partial charge in [0.25, 0.3) is 6.17 Å². The Kier molecular flexibility index (Phi) is 7.79. The third kappa shape index (κ3) is 5.13. The fraction of sp³-hybridized carbons (Fsp3) is 0.375. The Balaban J connectivity index is 1.72. The van der Waals surface area contributed by atoms with Crippen LogP contribution in [0.25, 0.3) is 11.3 Å². The molecule has 1 aliphatic rings. The number of hydrogen-bond acceptors (Lipinski definition) is 6. The summed E-state index contributed by atoms with van der Waals surface area (Å²) in [6.45, 7) is 2.21. The number of halogens is 1. The van der Waals surface area contributed by atoms with E-state index in [0.29, 0.717) is 20.2 Å². The van der Waals surface area contributed by atoms with Crippen LogP contribution in [-0.4, -0.2) is 28.1 Å². The number of rotatable bonds is 9. The minimum absolute atomic E-state index is 0.0986. The van der Waals surface area contributed by atoms with Crippen molar-refractivity contribution in [2.24, 2.45) is 0 Å². The van der Waals surface area contributed by atoms with Gasteiger partial charge < -0.3 is 15.2 Å². The number of H-pyrrole nitrogens is 1. The molecule has 1 aromatic heterocycles. The van der Waals surface area contributed by atoms with Crippen molar-refractivity contribution in [1.82, 2.24) is 10.1 Å². The summed E-state index contributed by atoms with van der Waals surface area (Å²) >= 11 is 3.66. The third-order valence-corrected chi connectivity index (χ3v) is 7.43. The van der Waals surface area contributed by atoms with Crippen LogP contribution in [0.2, 0.25) is 0 Å². The van der Waals surface area contributed by atoms with Crippen molar-refractivity contribution in [3.05, 3.63) is 55.9 Å². The van der Waals surface area contributed by atoms with E-state index in [1.807, 2.05) is 30.3 Å². The summed E-state index contributed by atoms with van der Waals surface area (Å²) in [5, 5.41) is 19.2. The van der Waals surface area contributed by atoms with E-state index in [4.69, 9.17) is 9.84 Å². The second-order valence-electron chi connectivity index (χ2n) is 7.96. The Bertz CT molecular complexity index is 1200. The molecule has 0 radical (unpaired) electrons. The van der Waals surface area contributed by atoms with Crippen LogP contribution in [0.3, 0.4) is 0 Å². The molecule has 3 N–H and O–H groups in total. The van der Waals surface area contributed by atoms with Crippen molar-refractivity contribution in [2.75, 3.05) is 18.2 Å². The maximum absolute atomic E-state index is 13.2. The molecule has 33 heavy (non-hydrogen) atoms. The molecule has 7 nitrogen and oxygen atoms in total. The summed E-state index contributed by atoms with van der Waals surface area (Å²) in [6.07, 6.45) is 5.57. The lowest BCUT2D eigenvalue weighted by Gasteiger charge is -2.23. The van der Waals surface area contributed by atoms with E-state index in [9.17, 15) is 9.90 Å². The van der Waals surface area contributed by atoms with Crippen LogP contribution in [-0.2, 0) is 0 Å². The number of unbranched alkanes of at least 4 members (excludes halogenated alkanes) is 4. The van der Waals surface area contributed by atoms with E-state index in [0.717, 1.165) is 29.0 Å². The lowest BCUT2D eigenvalue weighted by molar-refractivity contribution is -0.759. The van der Waals surface area contributed by atoms with Crippen LogP contribution in [0.15, 0.2) is 46.3 Å². The molecule has 9 heteroatoms. The maximum atomic E-state index is 13.2. The SMILES string of the molecule is CCCCCCCSc1n[n+]2c(c(=O)[nH]1)-c1ccccc1N[C@H]2c1cc(I)c(O)c(OC)c1. The second kappa shape index (κ2) is 10.8. The highest BCUT2D eigenvalue weighted by Gasteiger charge is 2.38. The minimum Gasteiger partial charge on any atom is -0.504 e. The van der Waals surface area contributed by atoms with Crippen LogP contribution < -0.4 is 20.3 Å². The number of anilines is 1. The largest absolute Gasteiger partial charge is 0.504 e. The summed E-state index contributed by atoms with van der Waals surface area (Å²) in [7, 11) is 1.53. The van der Waals surface area contributed by atoms with Gasteiger partial charge in [-0.2, -0.15) is 0 Å². The zero-order valence-electron chi connectivity index (χ0n) is 18.7. The van der Waals surface area contributed by atoms with Gasteiger partial charge in [0.15, 0.2) is 11.5 Å². The number of thioether (sulfide) groups is 1. The summed E-state index contributed by atoms with van der Waals surface area (Å²) < 4.78 is 7.79. The monoisotopic (exact) mass is 579 g/mol. The Morgan fingerprint density at radius 1 is 1.21 bits per heavy atom. The van der Waals surface area contributed by atoms with Gasteiger partial charge in [-0.1, -0.05) is 56.5 Å². The molecule has 174 valence electrons. The number of nitrogens with one attached hydrogen (secondary N) is 2. The Labute approximate surface area is 211 Å². The lowest BCUT2D eigenvalue weighted by atomic mass is 10.0. The van der Waals surface area contributed by atoms with E-state index in [-0.39, 0.29) is 11.3 Å². The van der Waals surface area contributed by atoms with Crippen LogP contribution in [0, 0.1) is 3.57 Å². The molecule has 0 unspecified atom stereocenters. The summed E-state index contributed by atoms with van der Waals surface area (Å²) in [6, 6.07) is 11.4. The average molecular weight is 579 g/mol. The normalized spacial score (nSPS) is 14.3. The Morgan fingerprint density at radius 3 is 2.79 bits per heavy atom.